The lowest BCUT2D eigenvalue weighted by Gasteiger charge is -2.40. The monoisotopic (exact) mass is 238 g/mol. The van der Waals surface area contributed by atoms with Gasteiger partial charge in [-0.2, -0.15) is 0 Å². The van der Waals surface area contributed by atoms with Crippen LogP contribution in [0.4, 0.5) is 0 Å². The Hall–Kier alpha value is -1.06. The summed E-state index contributed by atoms with van der Waals surface area (Å²) < 4.78 is 0. The van der Waals surface area contributed by atoms with Crippen LogP contribution in [0.5, 0.6) is 0 Å². The number of carbonyl (C=O) groups excluding carboxylic acids is 2. The van der Waals surface area contributed by atoms with Gasteiger partial charge in [-0.1, -0.05) is 13.8 Å². The molecule has 0 aromatic heterocycles. The molecule has 2 amide bonds. The van der Waals surface area contributed by atoms with Crippen LogP contribution >= 0.6 is 0 Å². The maximum absolute atomic E-state index is 12.4. The van der Waals surface area contributed by atoms with Crippen LogP contribution in [0.25, 0.3) is 0 Å². The van der Waals surface area contributed by atoms with E-state index in [4.69, 9.17) is 0 Å². The van der Waals surface area contributed by atoms with Gasteiger partial charge in [-0.05, 0) is 38.0 Å². The van der Waals surface area contributed by atoms with Crippen LogP contribution in [-0.4, -0.2) is 35.3 Å². The molecule has 1 saturated heterocycles. The highest BCUT2D eigenvalue weighted by Crippen LogP contribution is 2.49. The summed E-state index contributed by atoms with van der Waals surface area (Å²) in [5.41, 5.74) is -0.388. The third kappa shape index (κ3) is 2.17. The Morgan fingerprint density at radius 2 is 1.88 bits per heavy atom. The molecule has 1 aliphatic carbocycles. The highest BCUT2D eigenvalue weighted by molar-refractivity contribution is 5.97. The van der Waals surface area contributed by atoms with E-state index < -0.39 is 5.54 Å². The second kappa shape index (κ2) is 4.00. The Balaban J connectivity index is 2.11. The second-order valence-electron chi connectivity index (χ2n) is 5.75. The summed E-state index contributed by atoms with van der Waals surface area (Å²) in [6.45, 7) is 6.92. The molecule has 1 atom stereocenters. The smallest absolute Gasteiger partial charge is 0.248 e. The molecule has 0 radical (unpaired) electrons. The average Bonchev–Trinajstić information content (AvgIpc) is 3.06. The average molecular weight is 238 g/mol. The fourth-order valence-corrected chi connectivity index (χ4v) is 2.57. The van der Waals surface area contributed by atoms with Gasteiger partial charge in [-0.3, -0.25) is 9.59 Å². The number of piperazine rings is 1. The molecule has 2 fully saturated rings. The Kier molecular flexibility index (Phi) is 2.92. The minimum Gasteiger partial charge on any atom is -0.340 e. The van der Waals surface area contributed by atoms with Gasteiger partial charge in [0.25, 0.3) is 0 Å². The molecule has 2 rings (SSSR count). The van der Waals surface area contributed by atoms with Crippen LogP contribution in [0.15, 0.2) is 0 Å². The largest absolute Gasteiger partial charge is 0.340 e. The Bertz CT molecular complexity index is 349. The molecule has 0 spiro atoms. The molecule has 4 heteroatoms. The number of nitrogens with one attached hydrogen (secondary N) is 1. The van der Waals surface area contributed by atoms with E-state index in [1.165, 1.54) is 12.8 Å². The molecule has 4 nitrogen and oxygen atoms in total. The van der Waals surface area contributed by atoms with Gasteiger partial charge in [0.15, 0.2) is 0 Å². The molecule has 0 bridgehead atoms. The van der Waals surface area contributed by atoms with Gasteiger partial charge in [0, 0.05) is 6.54 Å². The lowest BCUT2D eigenvalue weighted by Crippen LogP contribution is -2.65. The van der Waals surface area contributed by atoms with Gasteiger partial charge in [0.1, 0.15) is 5.54 Å². The first-order chi connectivity index (χ1) is 7.95. The van der Waals surface area contributed by atoms with Crippen LogP contribution in [0.1, 0.15) is 46.5 Å². The molecule has 96 valence electrons. The zero-order valence-electron chi connectivity index (χ0n) is 11.0. The third-order valence-electron chi connectivity index (χ3n) is 4.45. The van der Waals surface area contributed by atoms with Gasteiger partial charge in [-0.15, -0.1) is 0 Å². The molecule has 1 N–H and O–H groups in total. The fraction of sp³-hybridized carbons (Fsp3) is 0.846. The first-order valence-electron chi connectivity index (χ1n) is 6.55. The van der Waals surface area contributed by atoms with E-state index in [1.807, 2.05) is 13.8 Å². The van der Waals surface area contributed by atoms with Crippen molar-refractivity contribution in [1.29, 1.82) is 0 Å². The number of hydrogen-bond acceptors (Lipinski definition) is 2. The molecule has 2 aliphatic rings. The molecule has 17 heavy (non-hydrogen) atoms. The van der Waals surface area contributed by atoms with Crippen molar-refractivity contribution in [3.8, 4) is 0 Å². The lowest BCUT2D eigenvalue weighted by molar-refractivity contribution is -0.150. The van der Waals surface area contributed by atoms with Crippen molar-refractivity contribution in [2.75, 3.05) is 13.1 Å². The zero-order valence-corrected chi connectivity index (χ0v) is 11.0. The summed E-state index contributed by atoms with van der Waals surface area (Å²) >= 11 is 0. The topological polar surface area (TPSA) is 49.4 Å². The van der Waals surface area contributed by atoms with Crippen molar-refractivity contribution in [3.05, 3.63) is 0 Å². The predicted octanol–water partition coefficient (Wildman–Crippen LogP) is 1.30. The van der Waals surface area contributed by atoms with Gasteiger partial charge in [-0.25, -0.2) is 0 Å². The van der Waals surface area contributed by atoms with E-state index in [0.29, 0.717) is 11.8 Å². The summed E-state index contributed by atoms with van der Waals surface area (Å²) in [5, 5.41) is 2.82. The number of hydrogen-bond donors (Lipinski definition) is 1. The van der Waals surface area contributed by atoms with Crippen LogP contribution < -0.4 is 5.32 Å². The number of rotatable bonds is 4. The fourth-order valence-electron chi connectivity index (χ4n) is 2.57. The zero-order chi connectivity index (χ0) is 12.7. The van der Waals surface area contributed by atoms with Gasteiger partial charge in [0.2, 0.25) is 11.8 Å². The van der Waals surface area contributed by atoms with E-state index in [2.05, 4.69) is 12.2 Å². The summed E-state index contributed by atoms with van der Waals surface area (Å²) in [4.78, 5) is 25.8. The summed E-state index contributed by atoms with van der Waals surface area (Å²) in [5.74, 6) is 0.0557. The second-order valence-corrected chi connectivity index (χ2v) is 5.75. The number of carbonyl (C=O) groups is 2. The molecular formula is C13H22N2O2. The first kappa shape index (κ1) is 12.4. The SMILES string of the molecule is CCC1(CN2CC(=O)NC(C)(CC)C2=O)CC1. The van der Waals surface area contributed by atoms with E-state index in [9.17, 15) is 9.59 Å². The van der Waals surface area contributed by atoms with Crippen molar-refractivity contribution in [2.45, 2.75) is 52.0 Å². The Morgan fingerprint density at radius 1 is 1.24 bits per heavy atom. The summed E-state index contributed by atoms with van der Waals surface area (Å²) in [6.07, 6.45) is 4.13. The minimum atomic E-state index is -0.695. The van der Waals surface area contributed by atoms with E-state index in [1.54, 1.807) is 4.90 Å². The normalized spacial score (nSPS) is 31.4. The standard InChI is InChI=1S/C13H22N2O2/c1-4-12(3)11(17)15(8-10(16)14-12)9-13(5-2)6-7-13/h4-9H2,1-3H3,(H,14,16). The van der Waals surface area contributed by atoms with Crippen molar-refractivity contribution in [1.82, 2.24) is 10.2 Å². The number of nitrogens with zero attached hydrogens (tertiary/aromatic N) is 1. The highest BCUT2D eigenvalue weighted by Gasteiger charge is 2.48. The van der Waals surface area contributed by atoms with Gasteiger partial charge >= 0.3 is 0 Å². The molecule has 1 unspecified atom stereocenters. The highest BCUT2D eigenvalue weighted by atomic mass is 16.2. The Morgan fingerprint density at radius 3 is 2.35 bits per heavy atom. The van der Waals surface area contributed by atoms with Crippen LogP contribution in [0.2, 0.25) is 0 Å². The summed E-state index contributed by atoms with van der Waals surface area (Å²) in [7, 11) is 0. The van der Waals surface area contributed by atoms with E-state index in [0.717, 1.165) is 13.0 Å². The van der Waals surface area contributed by atoms with E-state index >= 15 is 0 Å². The third-order valence-corrected chi connectivity index (χ3v) is 4.45. The Labute approximate surface area is 103 Å². The first-order valence-corrected chi connectivity index (χ1v) is 6.55. The molecule has 1 aliphatic heterocycles. The van der Waals surface area contributed by atoms with Crippen molar-refractivity contribution in [2.24, 2.45) is 5.41 Å². The molecule has 0 aromatic rings. The maximum atomic E-state index is 12.4. The van der Waals surface area contributed by atoms with Crippen LogP contribution in [0, 0.1) is 5.41 Å². The van der Waals surface area contributed by atoms with E-state index in [-0.39, 0.29) is 18.4 Å². The molecular weight excluding hydrogens is 216 g/mol. The van der Waals surface area contributed by atoms with Crippen LogP contribution in [-0.2, 0) is 9.59 Å². The van der Waals surface area contributed by atoms with Gasteiger partial charge < -0.3 is 10.2 Å². The van der Waals surface area contributed by atoms with Crippen molar-refractivity contribution < 1.29 is 9.59 Å². The van der Waals surface area contributed by atoms with Crippen molar-refractivity contribution in [3.63, 3.8) is 0 Å². The molecule has 0 aromatic carbocycles. The van der Waals surface area contributed by atoms with Crippen molar-refractivity contribution >= 4 is 11.8 Å². The lowest BCUT2D eigenvalue weighted by atomic mass is 9.92. The molecule has 1 heterocycles. The van der Waals surface area contributed by atoms with Crippen LogP contribution in [0.3, 0.4) is 0 Å². The number of amides is 2. The maximum Gasteiger partial charge on any atom is 0.248 e. The van der Waals surface area contributed by atoms with Gasteiger partial charge in [0.05, 0.1) is 6.54 Å². The predicted molar refractivity (Wildman–Crippen MR) is 65.4 cm³/mol. The molecule has 1 saturated carbocycles. The minimum absolute atomic E-state index is 0.0270. The summed E-state index contributed by atoms with van der Waals surface area (Å²) in [6, 6.07) is 0. The quantitative estimate of drug-likeness (QED) is 0.802.